The molecule has 2 aromatic rings. The molecule has 0 saturated heterocycles. The average molecular weight is 453 g/mol. The second-order valence-electron chi connectivity index (χ2n) is 7.24. The van der Waals surface area contributed by atoms with Crippen molar-refractivity contribution in [2.75, 3.05) is 19.0 Å². The number of anilines is 1. The highest BCUT2D eigenvalue weighted by Gasteiger charge is 2.36. The Labute approximate surface area is 192 Å². The number of pyridine rings is 1. The van der Waals surface area contributed by atoms with Crippen LogP contribution >= 0.6 is 0 Å². The zero-order valence-corrected chi connectivity index (χ0v) is 19.4. The number of amides is 1. The number of hydrogen-bond donors (Lipinski definition) is 3. The van der Waals surface area contributed by atoms with Gasteiger partial charge < -0.3 is 25.6 Å². The van der Waals surface area contributed by atoms with Crippen LogP contribution in [0.4, 0.5) is 5.69 Å². The van der Waals surface area contributed by atoms with E-state index in [1.165, 1.54) is 7.11 Å². The first kappa shape index (κ1) is 25.2. The molecule has 174 valence electrons. The summed E-state index contributed by atoms with van der Waals surface area (Å²) in [5.41, 5.74) is 10.5. The minimum Gasteiger partial charge on any atom is -0.496 e. The predicted molar refractivity (Wildman–Crippen MR) is 123 cm³/mol. The van der Waals surface area contributed by atoms with E-state index in [0.29, 0.717) is 40.6 Å². The van der Waals surface area contributed by atoms with Crippen molar-refractivity contribution in [3.05, 3.63) is 57.9 Å². The van der Waals surface area contributed by atoms with Gasteiger partial charge in [0, 0.05) is 29.5 Å². The molecule has 9 nitrogen and oxygen atoms in total. The number of carboxylic acid groups (broad SMARTS) is 1. The minimum absolute atomic E-state index is 0.222. The summed E-state index contributed by atoms with van der Waals surface area (Å²) in [5.74, 6) is -0.905. The van der Waals surface area contributed by atoms with E-state index < -0.39 is 17.8 Å². The lowest BCUT2D eigenvalue weighted by molar-refractivity contribution is -0.136. The van der Waals surface area contributed by atoms with E-state index >= 15 is 0 Å². The molecule has 0 fully saturated rings. The summed E-state index contributed by atoms with van der Waals surface area (Å²) in [6.45, 7) is 7.64. The molecule has 0 unspecified atom stereocenters. The van der Waals surface area contributed by atoms with Gasteiger partial charge in [0.1, 0.15) is 5.75 Å². The van der Waals surface area contributed by atoms with Crippen molar-refractivity contribution in [1.82, 2.24) is 4.98 Å². The van der Waals surface area contributed by atoms with Gasteiger partial charge in [0.15, 0.2) is 0 Å². The lowest BCUT2D eigenvalue weighted by Crippen LogP contribution is -2.28. The van der Waals surface area contributed by atoms with Gasteiger partial charge in [0.25, 0.3) is 0 Å². The van der Waals surface area contributed by atoms with Gasteiger partial charge in [-0.05, 0) is 38.5 Å². The Morgan fingerprint density at radius 3 is 2.48 bits per heavy atom. The fraction of sp³-hybridized carbons (Fsp3) is 0.333. The summed E-state index contributed by atoms with van der Waals surface area (Å²) in [5, 5.41) is 20.2. The van der Waals surface area contributed by atoms with E-state index in [0.717, 1.165) is 16.8 Å². The van der Waals surface area contributed by atoms with Gasteiger partial charge in [-0.15, -0.1) is 0 Å². The molecule has 1 aliphatic rings. The molecule has 4 N–H and O–H groups in total. The number of methoxy groups -OCH3 is 1. The maximum Gasteiger partial charge on any atom is 0.303 e. The van der Waals surface area contributed by atoms with Gasteiger partial charge in [-0.1, -0.05) is 13.0 Å². The van der Waals surface area contributed by atoms with Gasteiger partial charge >= 0.3 is 5.97 Å². The van der Waals surface area contributed by atoms with Crippen molar-refractivity contribution in [3.8, 4) is 17.7 Å². The Hall–Kier alpha value is -4.06. The zero-order chi connectivity index (χ0) is 24.7. The van der Waals surface area contributed by atoms with E-state index in [1.54, 1.807) is 31.3 Å². The Kier molecular flexibility index (Phi) is 8.40. The monoisotopic (exact) mass is 452 g/mol. The molecule has 0 radical (unpaired) electrons. The summed E-state index contributed by atoms with van der Waals surface area (Å²) in [7, 11) is 1.53. The first-order valence-electron chi connectivity index (χ1n) is 10.4. The molecule has 9 heteroatoms. The molecule has 1 aromatic heterocycles. The Morgan fingerprint density at radius 2 is 1.97 bits per heavy atom. The number of aryl methyl sites for hydroxylation is 1. The van der Waals surface area contributed by atoms with Crippen molar-refractivity contribution in [1.29, 1.82) is 5.26 Å². The van der Waals surface area contributed by atoms with Crippen LogP contribution in [0.5, 0.6) is 11.6 Å². The van der Waals surface area contributed by atoms with Crippen LogP contribution in [0.25, 0.3) is 0 Å². The number of nitrogens with zero attached hydrogens (tertiary/aromatic N) is 2. The summed E-state index contributed by atoms with van der Waals surface area (Å²) in [4.78, 5) is 26.2. The second-order valence-corrected chi connectivity index (χ2v) is 7.24. The number of carbonyl (C=O) groups excluding carboxylic acids is 1. The maximum atomic E-state index is 12.4. The Balaban J connectivity index is 0.000000696. The number of rotatable bonds is 6. The third kappa shape index (κ3) is 5.41. The third-order valence-electron chi connectivity index (χ3n) is 5.09. The topological polar surface area (TPSA) is 148 Å². The molecule has 2 heterocycles. The minimum atomic E-state index is -0.745. The SMILES string of the molecule is CCC(=O)O.CCOc1ncc(C)c2c1[C@H](c1ccc(C#N)cc1OC)C(C(N)=O)=C(C)N2. The quantitative estimate of drug-likeness (QED) is 0.603. The second kappa shape index (κ2) is 11.0. The zero-order valence-electron chi connectivity index (χ0n) is 19.4. The fourth-order valence-corrected chi connectivity index (χ4v) is 3.57. The first-order valence-corrected chi connectivity index (χ1v) is 10.4. The number of nitriles is 1. The normalized spacial score (nSPS) is 14.1. The average Bonchev–Trinajstić information content (AvgIpc) is 2.80. The molecule has 0 bridgehead atoms. The van der Waals surface area contributed by atoms with E-state index in [9.17, 15) is 14.9 Å². The van der Waals surface area contributed by atoms with E-state index in [-0.39, 0.29) is 6.42 Å². The van der Waals surface area contributed by atoms with Crippen LogP contribution in [0.1, 0.15) is 55.4 Å². The lowest BCUT2D eigenvalue weighted by atomic mass is 9.79. The predicted octanol–water partition coefficient (Wildman–Crippen LogP) is 3.47. The molecule has 0 spiro atoms. The Morgan fingerprint density at radius 1 is 1.30 bits per heavy atom. The van der Waals surface area contributed by atoms with Gasteiger partial charge in [-0.2, -0.15) is 5.26 Å². The van der Waals surface area contributed by atoms with Gasteiger partial charge in [0.05, 0.1) is 42.5 Å². The third-order valence-corrected chi connectivity index (χ3v) is 5.09. The molecule has 0 saturated carbocycles. The highest BCUT2D eigenvalue weighted by molar-refractivity contribution is 5.98. The summed E-state index contributed by atoms with van der Waals surface area (Å²) >= 11 is 0. The first-order chi connectivity index (χ1) is 15.7. The van der Waals surface area contributed by atoms with Crippen LogP contribution < -0.4 is 20.5 Å². The molecular weight excluding hydrogens is 424 g/mol. The summed E-state index contributed by atoms with van der Waals surface area (Å²) in [6.07, 6.45) is 1.95. The fourth-order valence-electron chi connectivity index (χ4n) is 3.57. The number of primary amides is 1. The van der Waals surface area contributed by atoms with Gasteiger partial charge in [0.2, 0.25) is 11.8 Å². The van der Waals surface area contributed by atoms with Crippen LogP contribution in [0.2, 0.25) is 0 Å². The van der Waals surface area contributed by atoms with E-state index in [2.05, 4.69) is 16.4 Å². The highest BCUT2D eigenvalue weighted by Crippen LogP contribution is 2.48. The number of aromatic nitrogens is 1. The number of ether oxygens (including phenoxy) is 2. The number of hydrogen-bond acceptors (Lipinski definition) is 7. The molecule has 1 amide bonds. The number of allylic oxidation sites excluding steroid dienone is 1. The number of carboxylic acids is 1. The van der Waals surface area contributed by atoms with Crippen molar-refractivity contribution in [3.63, 3.8) is 0 Å². The van der Waals surface area contributed by atoms with Crippen LogP contribution in [-0.2, 0) is 9.59 Å². The molecule has 1 aromatic carbocycles. The van der Waals surface area contributed by atoms with Crippen LogP contribution in [0.15, 0.2) is 35.7 Å². The molecule has 0 aliphatic carbocycles. The van der Waals surface area contributed by atoms with Crippen molar-refractivity contribution in [2.45, 2.75) is 40.0 Å². The molecule has 33 heavy (non-hydrogen) atoms. The smallest absolute Gasteiger partial charge is 0.303 e. The Bertz CT molecular complexity index is 1130. The number of carbonyl (C=O) groups is 2. The summed E-state index contributed by atoms with van der Waals surface area (Å²) in [6, 6.07) is 7.22. The molecule has 3 rings (SSSR count). The van der Waals surface area contributed by atoms with Crippen LogP contribution in [0, 0.1) is 18.3 Å². The van der Waals surface area contributed by atoms with E-state index in [4.69, 9.17) is 20.3 Å². The standard InChI is InChI=1S/C21H22N4O3.C3H6O2/c1-5-28-21-18-17(14-7-6-13(9-22)8-15(14)27-4)16(20(23)26)12(3)25-19(18)11(2)10-24-21;1-2-3(4)5/h6-8,10,17,25H,5H2,1-4H3,(H2,23,26);2H2,1H3,(H,4,5)/t17-;/m1./s1. The van der Waals surface area contributed by atoms with Gasteiger partial charge in [-0.3, -0.25) is 9.59 Å². The van der Waals surface area contributed by atoms with Crippen molar-refractivity contribution >= 4 is 17.6 Å². The number of fused-ring (bicyclic) bond motifs is 1. The molecule has 1 aliphatic heterocycles. The molecule has 1 atom stereocenters. The maximum absolute atomic E-state index is 12.4. The number of nitrogens with one attached hydrogen (secondary N) is 1. The van der Waals surface area contributed by atoms with Gasteiger partial charge in [-0.25, -0.2) is 4.98 Å². The number of aliphatic carboxylic acids is 1. The molecular formula is C24H28N4O5. The van der Waals surface area contributed by atoms with Crippen molar-refractivity contribution in [2.24, 2.45) is 5.73 Å². The lowest BCUT2D eigenvalue weighted by Gasteiger charge is -2.32. The number of benzene rings is 1. The van der Waals surface area contributed by atoms with Crippen LogP contribution in [-0.4, -0.2) is 35.7 Å². The van der Waals surface area contributed by atoms with Crippen LogP contribution in [0.3, 0.4) is 0 Å². The van der Waals surface area contributed by atoms with Crippen molar-refractivity contribution < 1.29 is 24.2 Å². The largest absolute Gasteiger partial charge is 0.496 e. The van der Waals surface area contributed by atoms with E-state index in [1.807, 2.05) is 20.8 Å². The highest BCUT2D eigenvalue weighted by atomic mass is 16.5. The number of nitrogens with two attached hydrogens (primary N) is 1. The summed E-state index contributed by atoms with van der Waals surface area (Å²) < 4.78 is 11.3.